The Kier molecular flexibility index (Phi) is 5.35. The van der Waals surface area contributed by atoms with E-state index in [9.17, 15) is 22.2 Å². The van der Waals surface area contributed by atoms with Crippen molar-refractivity contribution in [1.82, 2.24) is 9.78 Å². The predicted molar refractivity (Wildman–Crippen MR) is 86.7 cm³/mol. The van der Waals surface area contributed by atoms with Crippen molar-refractivity contribution in [2.45, 2.75) is 11.1 Å². The summed E-state index contributed by atoms with van der Waals surface area (Å²) in [7, 11) is -0.653. The van der Waals surface area contributed by atoms with Crippen LogP contribution in [0, 0.1) is 0 Å². The molecule has 0 saturated heterocycles. The number of carbonyl (C=O) groups excluding carboxylic acids is 1. The number of hydrogen-bond donors (Lipinski definition) is 1. The Morgan fingerprint density at radius 3 is 2.24 bits per heavy atom. The first-order valence-electron chi connectivity index (χ1n) is 6.35. The van der Waals surface area contributed by atoms with Crippen LogP contribution >= 0.6 is 23.2 Å². The highest BCUT2D eigenvalue weighted by atomic mass is 35.5. The van der Waals surface area contributed by atoms with Gasteiger partial charge in [-0.05, 0) is 12.1 Å². The molecule has 12 heteroatoms. The number of ether oxygens (including phenoxy) is 1. The zero-order valence-corrected chi connectivity index (χ0v) is 15.0. The zero-order valence-electron chi connectivity index (χ0n) is 12.6. The first-order valence-corrected chi connectivity index (χ1v) is 8.67. The summed E-state index contributed by atoms with van der Waals surface area (Å²) in [6.45, 7) is 0. The third-order valence-electron chi connectivity index (χ3n) is 3.10. The van der Waals surface area contributed by atoms with Crippen molar-refractivity contribution in [2.75, 3.05) is 19.1 Å². The average Bonchev–Trinajstić information content (AvgIpc) is 2.82. The maximum absolute atomic E-state index is 12.8. The zero-order chi connectivity index (χ0) is 19.1. The van der Waals surface area contributed by atoms with Gasteiger partial charge in [0.15, 0.2) is 5.69 Å². The normalized spacial score (nSPS) is 12.9. The quantitative estimate of drug-likeness (QED) is 0.776. The van der Waals surface area contributed by atoms with Crippen LogP contribution in [0.4, 0.5) is 19.0 Å². The van der Waals surface area contributed by atoms with Crippen LogP contribution < -0.4 is 5.73 Å². The summed E-state index contributed by atoms with van der Waals surface area (Å²) in [6, 6.07) is 1.29. The monoisotopic (exact) mass is 415 g/mol. The number of alkyl halides is 3. The van der Waals surface area contributed by atoms with Crippen molar-refractivity contribution in [3.63, 3.8) is 0 Å². The van der Waals surface area contributed by atoms with Gasteiger partial charge < -0.3 is 10.5 Å². The lowest BCUT2D eigenvalue weighted by molar-refractivity contribution is -0.137. The fourth-order valence-electron chi connectivity index (χ4n) is 2.03. The largest absolute Gasteiger partial charge is 0.464 e. The number of anilines is 1. The summed E-state index contributed by atoms with van der Waals surface area (Å²) in [5, 5.41) is 3.05. The second-order valence-electron chi connectivity index (χ2n) is 4.71. The van der Waals surface area contributed by atoms with Gasteiger partial charge in [0, 0.05) is 6.26 Å². The van der Waals surface area contributed by atoms with Crippen molar-refractivity contribution < 1.29 is 26.9 Å². The minimum atomic E-state index is -4.66. The number of carbonyl (C=O) groups is 1. The van der Waals surface area contributed by atoms with Gasteiger partial charge >= 0.3 is 12.1 Å². The van der Waals surface area contributed by atoms with E-state index < -0.39 is 38.6 Å². The average molecular weight is 416 g/mol. The van der Waals surface area contributed by atoms with E-state index in [2.05, 4.69) is 9.84 Å². The lowest BCUT2D eigenvalue weighted by atomic mass is 10.2. The number of aromatic nitrogens is 2. The molecule has 0 radical (unpaired) electrons. The number of nitrogen functional groups attached to an aromatic ring is 1. The molecule has 0 bridgehead atoms. The SMILES string of the molecule is COC(=O)c1nn(-c2c(Cl)cc(C(F)(F)F)cc2Cl)c(N)c1S(C)=O. The maximum Gasteiger partial charge on any atom is 0.416 e. The molecule has 6 nitrogen and oxygen atoms in total. The van der Waals surface area contributed by atoms with Gasteiger partial charge in [0.05, 0.1) is 33.5 Å². The number of esters is 1. The molecule has 1 aromatic carbocycles. The molecule has 0 fully saturated rings. The van der Waals surface area contributed by atoms with Crippen LogP contribution in [0.1, 0.15) is 16.1 Å². The number of nitrogens with two attached hydrogens (primary N) is 1. The summed E-state index contributed by atoms with van der Waals surface area (Å²) in [4.78, 5) is 11.6. The highest BCUT2D eigenvalue weighted by molar-refractivity contribution is 7.84. The van der Waals surface area contributed by atoms with Crippen LogP contribution in [0.2, 0.25) is 10.0 Å². The van der Waals surface area contributed by atoms with Crippen LogP contribution in [0.15, 0.2) is 17.0 Å². The Hall–Kier alpha value is -1.78. The van der Waals surface area contributed by atoms with E-state index in [0.717, 1.165) is 11.8 Å². The lowest BCUT2D eigenvalue weighted by Crippen LogP contribution is -2.09. The third-order valence-corrected chi connectivity index (χ3v) is 4.65. The molecule has 0 aliphatic carbocycles. The molecule has 136 valence electrons. The molecule has 25 heavy (non-hydrogen) atoms. The second kappa shape index (κ2) is 6.85. The molecule has 0 amide bonds. The first-order chi connectivity index (χ1) is 11.5. The summed E-state index contributed by atoms with van der Waals surface area (Å²) in [6.07, 6.45) is -3.41. The highest BCUT2D eigenvalue weighted by Crippen LogP contribution is 2.39. The van der Waals surface area contributed by atoms with E-state index in [1.54, 1.807) is 0 Å². The minimum Gasteiger partial charge on any atom is -0.464 e. The van der Waals surface area contributed by atoms with Crippen LogP contribution in [0.25, 0.3) is 5.69 Å². The number of nitrogens with zero attached hydrogens (tertiary/aromatic N) is 2. The molecular formula is C13H10Cl2F3N3O3S. The maximum atomic E-state index is 12.8. The van der Waals surface area contributed by atoms with Gasteiger partial charge in [-0.15, -0.1) is 0 Å². The molecule has 1 heterocycles. The molecule has 0 aliphatic heterocycles. The summed E-state index contributed by atoms with van der Waals surface area (Å²) < 4.78 is 55.7. The van der Waals surface area contributed by atoms with Gasteiger partial charge in [-0.2, -0.15) is 18.3 Å². The highest BCUT2D eigenvalue weighted by Gasteiger charge is 2.33. The Morgan fingerprint density at radius 2 is 1.84 bits per heavy atom. The number of rotatable bonds is 3. The van der Waals surface area contributed by atoms with Gasteiger partial charge in [-0.1, -0.05) is 23.2 Å². The van der Waals surface area contributed by atoms with Gasteiger partial charge in [0.2, 0.25) is 0 Å². The van der Waals surface area contributed by atoms with Crippen molar-refractivity contribution in [2.24, 2.45) is 0 Å². The van der Waals surface area contributed by atoms with Crippen LogP contribution in [0.5, 0.6) is 0 Å². The molecule has 1 atom stereocenters. The van der Waals surface area contributed by atoms with Gasteiger partial charge in [-0.25, -0.2) is 9.48 Å². The molecular weight excluding hydrogens is 406 g/mol. The van der Waals surface area contributed by atoms with Gasteiger partial charge in [0.25, 0.3) is 0 Å². The predicted octanol–water partition coefficient (Wildman–Crippen LogP) is 3.30. The molecule has 2 N–H and O–H groups in total. The molecule has 2 aromatic rings. The van der Waals surface area contributed by atoms with Crippen molar-refractivity contribution >= 4 is 45.8 Å². The summed E-state index contributed by atoms with van der Waals surface area (Å²) >= 11 is 11.8. The summed E-state index contributed by atoms with van der Waals surface area (Å²) in [5.41, 5.74) is 4.25. The van der Waals surface area contributed by atoms with E-state index >= 15 is 0 Å². The van der Waals surface area contributed by atoms with E-state index in [1.807, 2.05) is 0 Å². The van der Waals surface area contributed by atoms with E-state index in [4.69, 9.17) is 28.9 Å². The van der Waals surface area contributed by atoms with Crippen LogP contribution in [-0.4, -0.2) is 33.3 Å². The van der Waals surface area contributed by atoms with Gasteiger partial charge in [0.1, 0.15) is 16.4 Å². The topological polar surface area (TPSA) is 87.2 Å². The Labute approximate surface area is 152 Å². The number of benzene rings is 1. The number of methoxy groups -OCH3 is 1. The smallest absolute Gasteiger partial charge is 0.416 e. The van der Waals surface area contributed by atoms with Crippen molar-refractivity contribution in [3.05, 3.63) is 33.4 Å². The number of hydrogen-bond acceptors (Lipinski definition) is 5. The Morgan fingerprint density at radius 1 is 1.32 bits per heavy atom. The van der Waals surface area contributed by atoms with E-state index in [-0.39, 0.29) is 22.1 Å². The fourth-order valence-corrected chi connectivity index (χ4v) is 3.46. The van der Waals surface area contributed by atoms with E-state index in [1.165, 1.54) is 6.26 Å². The van der Waals surface area contributed by atoms with E-state index in [0.29, 0.717) is 12.1 Å². The first kappa shape index (κ1) is 19.5. The molecule has 2 rings (SSSR count). The Balaban J connectivity index is 2.76. The number of halogens is 5. The standard InChI is InChI=1S/C13H10Cl2F3N3O3S/c1-24-12(22)8-10(25(2)23)11(19)21(20-8)9-6(14)3-5(4-7(9)15)13(16,17)18/h3-4H,19H2,1-2H3. The molecule has 0 saturated carbocycles. The van der Waals surface area contributed by atoms with Crippen molar-refractivity contribution in [3.8, 4) is 5.69 Å². The van der Waals surface area contributed by atoms with Crippen LogP contribution in [0.3, 0.4) is 0 Å². The molecule has 0 spiro atoms. The Bertz CT molecular complexity index is 860. The lowest BCUT2D eigenvalue weighted by Gasteiger charge is -2.13. The third kappa shape index (κ3) is 3.60. The summed E-state index contributed by atoms with van der Waals surface area (Å²) in [5.74, 6) is -1.18. The minimum absolute atomic E-state index is 0.140. The molecule has 0 aliphatic rings. The van der Waals surface area contributed by atoms with Crippen LogP contribution in [-0.2, 0) is 21.7 Å². The second-order valence-corrected chi connectivity index (χ2v) is 6.84. The van der Waals surface area contributed by atoms with Crippen molar-refractivity contribution in [1.29, 1.82) is 0 Å². The molecule has 1 unspecified atom stereocenters. The molecule has 1 aromatic heterocycles. The van der Waals surface area contributed by atoms with Gasteiger partial charge in [-0.3, -0.25) is 4.21 Å². The fraction of sp³-hybridized carbons (Fsp3) is 0.231.